The predicted molar refractivity (Wildman–Crippen MR) is 285 cm³/mol. The van der Waals surface area contributed by atoms with Crippen molar-refractivity contribution >= 4 is 44.6 Å². The second kappa shape index (κ2) is 18.7. The molecular formula is C63H60FN4OPt-3. The molecule has 9 aromatic rings. The number of benzene rings is 7. The normalized spacial score (nSPS) is 12.9. The zero-order valence-corrected chi connectivity index (χ0v) is 44.3. The number of rotatable bonds is 9. The Balaban J connectivity index is 0.00000608. The Kier molecular flexibility index (Phi) is 13.0. The van der Waals surface area contributed by atoms with E-state index in [1.54, 1.807) is 12.1 Å². The van der Waals surface area contributed by atoms with Crippen molar-refractivity contribution in [1.82, 2.24) is 9.55 Å². The number of aromatic nitrogens is 2. The number of halogens is 1. The molecule has 358 valence electrons. The van der Waals surface area contributed by atoms with Crippen molar-refractivity contribution in [2.24, 2.45) is 0 Å². The third-order valence-electron chi connectivity index (χ3n) is 13.5. The first-order chi connectivity index (χ1) is 32.9. The van der Waals surface area contributed by atoms with E-state index in [-0.39, 0.29) is 49.5 Å². The van der Waals surface area contributed by atoms with Crippen molar-refractivity contribution in [3.63, 3.8) is 0 Å². The number of ether oxygens (including phenoxy) is 1. The van der Waals surface area contributed by atoms with Crippen LogP contribution in [0.2, 0.25) is 0 Å². The van der Waals surface area contributed by atoms with E-state index in [2.05, 4.69) is 200 Å². The zero-order chi connectivity index (χ0) is 48.5. The summed E-state index contributed by atoms with van der Waals surface area (Å²) in [7, 11) is 0. The molecule has 1 aliphatic heterocycles. The van der Waals surface area contributed by atoms with Crippen molar-refractivity contribution < 1.29 is 30.2 Å². The van der Waals surface area contributed by atoms with Gasteiger partial charge in [-0.2, -0.15) is 6.07 Å². The summed E-state index contributed by atoms with van der Waals surface area (Å²) < 4.78 is 23.3. The van der Waals surface area contributed by atoms with E-state index in [4.69, 9.17) is 9.72 Å². The summed E-state index contributed by atoms with van der Waals surface area (Å²) in [6.07, 6.45) is 1.82. The van der Waals surface area contributed by atoms with Crippen LogP contribution in [0.4, 0.5) is 27.1 Å². The van der Waals surface area contributed by atoms with Crippen LogP contribution in [0.3, 0.4) is 0 Å². The zero-order valence-electron chi connectivity index (χ0n) is 42.0. The summed E-state index contributed by atoms with van der Waals surface area (Å²) in [6.45, 7) is 27.1. The number of pyridine rings is 1. The van der Waals surface area contributed by atoms with Crippen LogP contribution in [0, 0.1) is 31.5 Å². The van der Waals surface area contributed by atoms with E-state index >= 15 is 0 Å². The Bertz CT molecular complexity index is 3370. The first kappa shape index (κ1) is 48.5. The quantitative estimate of drug-likeness (QED) is 0.135. The number of fused-ring (bicyclic) bond motifs is 4. The standard InChI is InChI=1S/C63H60FN4O.Pt/c1-39(2)53-33-43(42-20-23-46(64)24-21-42)34-54(40(3)4)61(53)67-38-66(57-28-19-41(5)30-59(57)67)47-31-44(50-26-22-45(62(6,7)8)35-55(50)63(9,10)11)32-49(36-47)69-48-25-27-52-51-16-12-13-17-56(51)68(58(52)37-48)60-18-14-15-29-65-60;/h12-35,38-40H,1-11H3;/q-3;. The maximum atomic E-state index is 14.2. The van der Waals surface area contributed by atoms with Gasteiger partial charge in [0.2, 0.25) is 0 Å². The molecule has 5 nitrogen and oxygen atoms in total. The average molecular weight is 1100 g/mol. The molecule has 7 heteroatoms. The molecule has 10 rings (SSSR count). The van der Waals surface area contributed by atoms with E-state index < -0.39 is 0 Å². The summed E-state index contributed by atoms with van der Waals surface area (Å²) >= 11 is 0. The summed E-state index contributed by atoms with van der Waals surface area (Å²) in [5.41, 5.74) is 16.3. The summed E-state index contributed by atoms with van der Waals surface area (Å²) in [5.74, 6) is 2.12. The third kappa shape index (κ3) is 9.08. The van der Waals surface area contributed by atoms with Crippen LogP contribution in [0.5, 0.6) is 11.5 Å². The number of anilines is 4. The van der Waals surface area contributed by atoms with Crippen LogP contribution in [0.15, 0.2) is 146 Å². The molecule has 2 aromatic heterocycles. The fourth-order valence-corrected chi connectivity index (χ4v) is 9.82. The van der Waals surface area contributed by atoms with Crippen molar-refractivity contribution in [2.45, 2.75) is 98.8 Å². The van der Waals surface area contributed by atoms with Gasteiger partial charge in [-0.05, 0) is 134 Å². The van der Waals surface area contributed by atoms with Gasteiger partial charge in [0.1, 0.15) is 11.6 Å². The minimum atomic E-state index is -0.239. The second-order valence-electron chi connectivity index (χ2n) is 21.3. The van der Waals surface area contributed by atoms with Crippen molar-refractivity contribution in [3.05, 3.63) is 198 Å². The van der Waals surface area contributed by atoms with Crippen molar-refractivity contribution in [1.29, 1.82) is 0 Å². The van der Waals surface area contributed by atoms with Gasteiger partial charge < -0.3 is 19.1 Å². The van der Waals surface area contributed by atoms with Crippen LogP contribution in [-0.4, -0.2) is 9.55 Å². The molecule has 1 aliphatic rings. The van der Waals surface area contributed by atoms with E-state index in [1.807, 2.05) is 42.6 Å². The molecule has 0 unspecified atom stereocenters. The average Bonchev–Trinajstić information content (AvgIpc) is 3.86. The number of hydrogen-bond donors (Lipinski definition) is 0. The SMILES string of the molecule is Cc1ccc2c(c1)N(c1c(C(C)C)cc(-c3ccc(F)cc3)cc1C(C)C)[CH-]N2c1[c-]c(Oc2[c-]c3c(cc2)c2ccccc2n3-c2ccccn2)cc(-c2ccc(C(C)(C)C)cc2C(C)(C)C)c1.[Pt]. The second-order valence-corrected chi connectivity index (χ2v) is 21.3. The fraction of sp³-hybridized carbons (Fsp3) is 0.238. The first-order valence-corrected chi connectivity index (χ1v) is 24.2. The minimum Gasteiger partial charge on any atom is -0.509 e. The van der Waals surface area contributed by atoms with E-state index in [0.29, 0.717) is 11.5 Å². The Hall–Kier alpha value is -6.49. The van der Waals surface area contributed by atoms with Crippen molar-refractivity contribution in [3.8, 4) is 39.6 Å². The van der Waals surface area contributed by atoms with Crippen LogP contribution in [-0.2, 0) is 31.9 Å². The van der Waals surface area contributed by atoms with Gasteiger partial charge >= 0.3 is 0 Å². The molecular weight excluding hydrogens is 1040 g/mol. The van der Waals surface area contributed by atoms with E-state index in [9.17, 15) is 4.39 Å². The fourth-order valence-electron chi connectivity index (χ4n) is 9.82. The maximum absolute atomic E-state index is 14.2. The van der Waals surface area contributed by atoms with E-state index in [1.165, 1.54) is 27.8 Å². The van der Waals surface area contributed by atoms with Crippen LogP contribution in [0.1, 0.15) is 109 Å². The summed E-state index contributed by atoms with van der Waals surface area (Å²) in [4.78, 5) is 9.40. The summed E-state index contributed by atoms with van der Waals surface area (Å²) in [6, 6.07) is 55.4. The molecule has 0 aliphatic carbocycles. The number of nitrogens with zero attached hydrogens (tertiary/aromatic N) is 4. The largest absolute Gasteiger partial charge is 0.509 e. The monoisotopic (exact) mass is 1100 g/mol. The molecule has 0 amide bonds. The van der Waals surface area contributed by atoms with Gasteiger partial charge in [-0.15, -0.1) is 53.6 Å². The maximum Gasteiger partial charge on any atom is 0.135 e. The Morgan fingerprint density at radius 2 is 1.33 bits per heavy atom. The molecule has 0 spiro atoms. The van der Waals surface area contributed by atoms with Gasteiger partial charge in [-0.1, -0.05) is 135 Å². The minimum absolute atomic E-state index is 0. The molecule has 7 aromatic carbocycles. The molecule has 0 saturated carbocycles. The molecule has 0 atom stereocenters. The predicted octanol–water partition coefficient (Wildman–Crippen LogP) is 17.6. The molecule has 0 fully saturated rings. The number of para-hydroxylation sites is 1. The van der Waals surface area contributed by atoms with Gasteiger partial charge in [0.25, 0.3) is 0 Å². The molecule has 0 saturated heterocycles. The van der Waals surface area contributed by atoms with Crippen LogP contribution >= 0.6 is 0 Å². The smallest absolute Gasteiger partial charge is 0.135 e. The molecule has 70 heavy (non-hydrogen) atoms. The topological polar surface area (TPSA) is 33.5 Å². The van der Waals surface area contributed by atoms with Gasteiger partial charge in [0.15, 0.2) is 0 Å². The van der Waals surface area contributed by atoms with Gasteiger partial charge in [-0.3, -0.25) is 0 Å². The first-order valence-electron chi connectivity index (χ1n) is 24.2. The van der Waals surface area contributed by atoms with E-state index in [0.717, 1.165) is 72.6 Å². The van der Waals surface area contributed by atoms with Gasteiger partial charge in [0, 0.05) is 61.3 Å². The van der Waals surface area contributed by atoms with Crippen LogP contribution in [0.25, 0.3) is 49.9 Å². The summed E-state index contributed by atoms with van der Waals surface area (Å²) in [5, 5.41) is 2.20. The van der Waals surface area contributed by atoms with Crippen molar-refractivity contribution in [2.75, 3.05) is 9.80 Å². The third-order valence-corrected chi connectivity index (χ3v) is 13.5. The van der Waals surface area contributed by atoms with Crippen LogP contribution < -0.4 is 14.5 Å². The molecule has 0 bridgehead atoms. The molecule has 0 radical (unpaired) electrons. The van der Waals surface area contributed by atoms with Gasteiger partial charge in [-0.25, -0.2) is 9.37 Å². The Morgan fingerprint density at radius 1 is 0.614 bits per heavy atom. The Labute approximate surface area is 428 Å². The number of aryl methyl sites for hydroxylation is 1. The Morgan fingerprint density at radius 3 is 2.00 bits per heavy atom. The van der Waals surface area contributed by atoms with Gasteiger partial charge in [0.05, 0.1) is 0 Å². The number of hydrogen-bond acceptors (Lipinski definition) is 4. The molecule has 0 N–H and O–H groups in total. The molecule has 3 heterocycles.